The van der Waals surface area contributed by atoms with Crippen LogP contribution in [0.4, 0.5) is 4.39 Å². The monoisotopic (exact) mass is 347 g/mol. The molecule has 132 valence electrons. The van der Waals surface area contributed by atoms with Gasteiger partial charge in [0.25, 0.3) is 5.91 Å². The zero-order chi connectivity index (χ0) is 18.4. The summed E-state index contributed by atoms with van der Waals surface area (Å²) in [6, 6.07) is 9.14. The fourth-order valence-electron chi connectivity index (χ4n) is 2.34. The number of carbonyl (C=O) groups is 2. The van der Waals surface area contributed by atoms with Gasteiger partial charge in [-0.05, 0) is 35.9 Å². The minimum atomic E-state index is -1.08. The van der Waals surface area contributed by atoms with E-state index in [2.05, 4.69) is 5.32 Å². The van der Waals surface area contributed by atoms with Gasteiger partial charge in [0.15, 0.2) is 11.5 Å². The molecule has 0 saturated heterocycles. The molecule has 0 saturated carbocycles. The average molecular weight is 347 g/mol. The molecule has 0 fully saturated rings. The molecule has 1 unspecified atom stereocenters. The quantitative estimate of drug-likeness (QED) is 0.804. The number of hydrogen-bond acceptors (Lipinski definition) is 4. The minimum Gasteiger partial charge on any atom is -0.493 e. The summed E-state index contributed by atoms with van der Waals surface area (Å²) in [5, 5.41) is 11.7. The van der Waals surface area contributed by atoms with Gasteiger partial charge in [0.1, 0.15) is 5.82 Å². The van der Waals surface area contributed by atoms with Gasteiger partial charge in [0.05, 0.1) is 26.7 Å². The molecule has 2 N–H and O–H groups in total. The smallest absolute Gasteiger partial charge is 0.305 e. The highest BCUT2D eigenvalue weighted by molar-refractivity contribution is 5.95. The van der Waals surface area contributed by atoms with Gasteiger partial charge in [-0.25, -0.2) is 4.39 Å². The summed E-state index contributed by atoms with van der Waals surface area (Å²) in [6.45, 7) is 0. The van der Waals surface area contributed by atoms with Gasteiger partial charge in [-0.3, -0.25) is 9.59 Å². The fourth-order valence-corrected chi connectivity index (χ4v) is 2.34. The summed E-state index contributed by atoms with van der Waals surface area (Å²) >= 11 is 0. The molecule has 2 aromatic carbocycles. The Morgan fingerprint density at radius 2 is 1.72 bits per heavy atom. The molecule has 0 aromatic heterocycles. The van der Waals surface area contributed by atoms with Crippen molar-refractivity contribution in [2.24, 2.45) is 0 Å². The normalized spacial score (nSPS) is 11.5. The minimum absolute atomic E-state index is 0.287. The topological polar surface area (TPSA) is 84.9 Å². The number of carbonyl (C=O) groups excluding carboxylic acids is 1. The predicted octanol–water partition coefficient (Wildman–Crippen LogP) is 2.79. The van der Waals surface area contributed by atoms with E-state index < -0.39 is 23.7 Å². The summed E-state index contributed by atoms with van der Waals surface area (Å²) in [4.78, 5) is 23.6. The Balaban J connectivity index is 2.24. The Morgan fingerprint density at radius 1 is 1.08 bits per heavy atom. The molecule has 25 heavy (non-hydrogen) atoms. The second kappa shape index (κ2) is 8.14. The van der Waals surface area contributed by atoms with Crippen molar-refractivity contribution in [1.29, 1.82) is 0 Å². The molecule has 0 radical (unpaired) electrons. The zero-order valence-electron chi connectivity index (χ0n) is 13.8. The van der Waals surface area contributed by atoms with Crippen molar-refractivity contribution in [2.75, 3.05) is 14.2 Å². The maximum absolute atomic E-state index is 13.1. The Kier molecular flexibility index (Phi) is 5.94. The second-order valence-electron chi connectivity index (χ2n) is 5.25. The van der Waals surface area contributed by atoms with Crippen LogP contribution >= 0.6 is 0 Å². The number of rotatable bonds is 7. The van der Waals surface area contributed by atoms with Crippen molar-refractivity contribution in [3.8, 4) is 11.5 Å². The van der Waals surface area contributed by atoms with E-state index in [1.54, 1.807) is 12.1 Å². The molecule has 0 heterocycles. The van der Waals surface area contributed by atoms with Crippen molar-refractivity contribution < 1.29 is 28.6 Å². The third kappa shape index (κ3) is 4.69. The third-order valence-corrected chi connectivity index (χ3v) is 3.60. The summed E-state index contributed by atoms with van der Waals surface area (Å²) in [5.41, 5.74) is 0.785. The van der Waals surface area contributed by atoms with Gasteiger partial charge >= 0.3 is 5.97 Å². The van der Waals surface area contributed by atoms with Gasteiger partial charge < -0.3 is 19.9 Å². The first-order valence-electron chi connectivity index (χ1n) is 7.44. The summed E-state index contributed by atoms with van der Waals surface area (Å²) in [5.74, 6) is -1.14. The van der Waals surface area contributed by atoms with E-state index >= 15 is 0 Å². The van der Waals surface area contributed by atoms with Gasteiger partial charge in [0, 0.05) is 5.56 Å². The number of carboxylic acids is 1. The molecule has 0 spiro atoms. The summed E-state index contributed by atoms with van der Waals surface area (Å²) in [6.07, 6.45) is -0.329. The largest absolute Gasteiger partial charge is 0.493 e. The molecule has 0 aliphatic heterocycles. The van der Waals surface area contributed by atoms with Crippen molar-refractivity contribution in [2.45, 2.75) is 12.5 Å². The van der Waals surface area contributed by atoms with Gasteiger partial charge in [0.2, 0.25) is 0 Å². The third-order valence-electron chi connectivity index (χ3n) is 3.60. The fraction of sp³-hybridized carbons (Fsp3) is 0.222. The van der Waals surface area contributed by atoms with Crippen LogP contribution in [0.25, 0.3) is 0 Å². The lowest BCUT2D eigenvalue weighted by Gasteiger charge is -2.18. The number of nitrogens with one attached hydrogen (secondary N) is 1. The van der Waals surface area contributed by atoms with E-state index in [-0.39, 0.29) is 12.0 Å². The Hall–Kier alpha value is -3.09. The maximum atomic E-state index is 13.1. The standard InChI is InChI=1S/C18H18FNO5/c1-24-15-8-5-12(9-16(15)25-2)18(23)20-14(10-17(21)22)11-3-6-13(19)7-4-11/h3-9,14H,10H2,1-2H3,(H,20,23)(H,21,22). The molecule has 2 aromatic rings. The van der Waals surface area contributed by atoms with Gasteiger partial charge in [-0.15, -0.1) is 0 Å². The molecule has 1 amide bonds. The van der Waals surface area contributed by atoms with Crippen molar-refractivity contribution in [1.82, 2.24) is 5.32 Å². The van der Waals surface area contributed by atoms with E-state index in [1.807, 2.05) is 0 Å². The number of ether oxygens (including phenoxy) is 2. The lowest BCUT2D eigenvalue weighted by molar-refractivity contribution is -0.137. The molecule has 1 atom stereocenters. The average Bonchev–Trinajstić information content (AvgIpc) is 2.60. The number of aliphatic carboxylic acids is 1. The number of benzene rings is 2. The SMILES string of the molecule is COc1ccc(C(=O)NC(CC(=O)O)c2ccc(F)cc2)cc1OC. The molecule has 0 aliphatic rings. The lowest BCUT2D eigenvalue weighted by atomic mass is 10.0. The lowest BCUT2D eigenvalue weighted by Crippen LogP contribution is -2.30. The molecule has 7 heteroatoms. The van der Waals surface area contributed by atoms with E-state index in [9.17, 15) is 14.0 Å². The first-order chi connectivity index (χ1) is 11.9. The highest BCUT2D eigenvalue weighted by atomic mass is 19.1. The number of carboxylic acid groups (broad SMARTS) is 1. The van der Waals surface area contributed by atoms with E-state index in [4.69, 9.17) is 14.6 Å². The summed E-state index contributed by atoms with van der Waals surface area (Å²) in [7, 11) is 2.93. The van der Waals surface area contributed by atoms with Crippen LogP contribution in [-0.2, 0) is 4.79 Å². The van der Waals surface area contributed by atoms with Crippen LogP contribution in [0.1, 0.15) is 28.4 Å². The van der Waals surface area contributed by atoms with Crippen LogP contribution in [-0.4, -0.2) is 31.2 Å². The Morgan fingerprint density at radius 3 is 2.28 bits per heavy atom. The highest BCUT2D eigenvalue weighted by Crippen LogP contribution is 2.28. The molecule has 0 aliphatic carbocycles. The number of hydrogen-bond donors (Lipinski definition) is 2. The molecule has 0 bridgehead atoms. The van der Waals surface area contributed by atoms with Crippen LogP contribution < -0.4 is 14.8 Å². The van der Waals surface area contributed by atoms with Gasteiger partial charge in [-0.1, -0.05) is 12.1 Å². The molecular formula is C18H18FNO5. The molecular weight excluding hydrogens is 329 g/mol. The summed E-state index contributed by atoms with van der Waals surface area (Å²) < 4.78 is 23.3. The van der Waals surface area contributed by atoms with Crippen LogP contribution in [0, 0.1) is 5.82 Å². The Labute approximate surface area is 144 Å². The number of halogens is 1. The number of amides is 1. The van der Waals surface area contributed by atoms with E-state index in [1.165, 1.54) is 44.6 Å². The maximum Gasteiger partial charge on any atom is 0.305 e. The van der Waals surface area contributed by atoms with Crippen LogP contribution in [0.3, 0.4) is 0 Å². The van der Waals surface area contributed by atoms with Crippen molar-refractivity contribution >= 4 is 11.9 Å². The first-order valence-corrected chi connectivity index (χ1v) is 7.44. The van der Waals surface area contributed by atoms with Crippen LogP contribution in [0.2, 0.25) is 0 Å². The van der Waals surface area contributed by atoms with Gasteiger partial charge in [-0.2, -0.15) is 0 Å². The van der Waals surface area contributed by atoms with Crippen molar-refractivity contribution in [3.63, 3.8) is 0 Å². The predicted molar refractivity (Wildman–Crippen MR) is 88.4 cm³/mol. The molecule has 6 nitrogen and oxygen atoms in total. The van der Waals surface area contributed by atoms with Crippen molar-refractivity contribution in [3.05, 3.63) is 59.4 Å². The molecule has 2 rings (SSSR count). The highest BCUT2D eigenvalue weighted by Gasteiger charge is 2.20. The first kappa shape index (κ1) is 18.3. The van der Waals surface area contributed by atoms with E-state index in [0.29, 0.717) is 17.1 Å². The second-order valence-corrected chi connectivity index (χ2v) is 5.25. The zero-order valence-corrected chi connectivity index (χ0v) is 13.8. The Bertz CT molecular complexity index is 761. The number of methoxy groups -OCH3 is 2. The van der Waals surface area contributed by atoms with E-state index in [0.717, 1.165) is 0 Å². The van der Waals surface area contributed by atoms with Crippen LogP contribution in [0.5, 0.6) is 11.5 Å². The van der Waals surface area contributed by atoms with Crippen LogP contribution in [0.15, 0.2) is 42.5 Å².